The highest BCUT2D eigenvalue weighted by Crippen LogP contribution is 2.17. The Morgan fingerprint density at radius 3 is 0.991 bits per heavy atom. The molecular weight excluding hydrogens is 1470 g/mol. The number of esters is 6. The Morgan fingerprint density at radius 1 is 0.491 bits per heavy atom. The molecule has 0 radical (unpaired) electrons. The van der Waals surface area contributed by atoms with Crippen LogP contribution in [0.15, 0.2) is 60.7 Å². The molecule has 110 heavy (non-hydrogen) atoms. The number of hydrogen-bond acceptors (Lipinski definition) is 30. The Balaban J connectivity index is -0.000000186. The molecule has 1 aliphatic heterocycles. The first-order valence-corrected chi connectivity index (χ1v) is 35.2. The number of carbonyl (C=O) groups excluding carboxylic acids is 12. The van der Waals surface area contributed by atoms with Crippen molar-refractivity contribution in [1.29, 1.82) is 0 Å². The van der Waals surface area contributed by atoms with Crippen LogP contribution in [0.2, 0.25) is 0 Å². The number of nitrogens with two attached hydrogens (primary N) is 1. The number of nitrogens with one attached hydrogen (secondary N) is 1. The van der Waals surface area contributed by atoms with E-state index in [0.717, 1.165) is 31.9 Å². The van der Waals surface area contributed by atoms with E-state index in [1.54, 1.807) is 83.1 Å². The Hall–Kier alpha value is -8.08. The molecule has 1 saturated heterocycles. The second-order valence-electron chi connectivity index (χ2n) is 29.2. The van der Waals surface area contributed by atoms with Crippen molar-refractivity contribution < 1.29 is 146 Å². The highest BCUT2D eigenvalue weighted by atomic mass is 35.5. The van der Waals surface area contributed by atoms with Crippen molar-refractivity contribution >= 4 is 83.2 Å². The fraction of sp³-hybridized carbons (Fsp3) is 0.684. The van der Waals surface area contributed by atoms with Gasteiger partial charge >= 0.3 is 65.7 Å². The lowest BCUT2D eigenvalue weighted by atomic mass is 10.1. The van der Waals surface area contributed by atoms with Crippen LogP contribution in [0.1, 0.15) is 183 Å². The summed E-state index contributed by atoms with van der Waals surface area (Å²) in [4.78, 5) is 143. The van der Waals surface area contributed by atoms with Crippen LogP contribution in [0.3, 0.4) is 0 Å². The van der Waals surface area contributed by atoms with Crippen molar-refractivity contribution in [3.63, 3.8) is 0 Å². The number of carboxylic acids is 1. The van der Waals surface area contributed by atoms with Crippen LogP contribution in [-0.2, 0) is 108 Å². The van der Waals surface area contributed by atoms with Gasteiger partial charge in [0.15, 0.2) is 0 Å². The average Bonchev–Trinajstić information content (AvgIpc) is 0.884. The standard InChI is InChI=1S/C16H23NO4.2C14H24O7.C9H16O5.C7H9N.C5H9ClO2.C5H11NO.C4H10O.CO2.CH4.H2O/c1-16(2,3)21-14(19)9-13(11-18)15(20)17-10-12-7-5-4-6-8-12;2*1-9(2)8-19-13(18)20-12(17)10(7-15)6-11(16)21-14(3,4)5;1-9(2,3)14-7(11)4-6(5-10)8(12)13;8-6-7-4-2-1-3-5-7;1-4(2)3-8-5(6)7;1-6-2-4-7-5-3-6;1-4(2)3-5;2-1-3;;/h4-8,13,18H,9-11H2,1-3H3,(H,17,20);2*9-10,15H,6-8H2,1-5H3;6,10H,4-5H2,1-3H3,(H,12,13);1-5H,6,8H2;4H,3H2,1-2H3;2-5H2,1H3;4-5H,3H2,1-2H3;;1H4;1H2/t13-;2*10-;6-;;;;;;;/m1111......./s1. The number of benzene rings is 2. The first-order valence-electron chi connectivity index (χ1n) is 34.9. The molecule has 0 spiro atoms. The number of halogens is 1. The molecule has 0 aliphatic carbocycles. The van der Waals surface area contributed by atoms with Gasteiger partial charge in [0, 0.05) is 44.4 Å². The lowest BCUT2D eigenvalue weighted by Crippen LogP contribution is -2.35. The molecule has 2 aromatic rings. The van der Waals surface area contributed by atoms with Gasteiger partial charge in [-0.15, -0.1) is 0 Å². The molecule has 1 heterocycles. The van der Waals surface area contributed by atoms with E-state index >= 15 is 0 Å². The molecule has 11 N–H and O–H groups in total. The number of morpholine rings is 1. The van der Waals surface area contributed by atoms with Crippen LogP contribution in [-0.4, -0.2) is 221 Å². The van der Waals surface area contributed by atoms with Gasteiger partial charge in [-0.2, -0.15) is 9.59 Å². The predicted octanol–water partition coefficient (Wildman–Crippen LogP) is 8.35. The molecule has 33 nitrogen and oxygen atoms in total. The number of rotatable bonds is 26. The molecule has 2 aromatic carbocycles. The maximum atomic E-state index is 12.0. The maximum Gasteiger partial charge on any atom is 0.516 e. The Bertz CT molecular complexity index is 2750. The normalized spacial score (nSPS) is 12.4. The largest absolute Gasteiger partial charge is 0.516 e. The number of aliphatic hydroxyl groups excluding tert-OH is 5. The van der Waals surface area contributed by atoms with Gasteiger partial charge in [0.2, 0.25) is 5.91 Å². The second-order valence-corrected chi connectivity index (χ2v) is 29.5. The minimum atomic E-state index is -1.20. The van der Waals surface area contributed by atoms with E-state index in [9.17, 15) is 57.8 Å². The second kappa shape index (κ2) is 67.8. The van der Waals surface area contributed by atoms with Gasteiger partial charge in [-0.3, -0.25) is 38.4 Å². The summed E-state index contributed by atoms with van der Waals surface area (Å²) in [5, 5.41) is 55.6. The molecule has 0 saturated carbocycles. The SMILES string of the molecule is C.CC(C)(C)OC(=O)C[C@H](CO)C(=O)NCc1ccccc1.CC(C)(C)OC(=O)C[C@H](CO)C(=O)O.CC(C)CO.CC(C)COC(=O)Cl.CC(C)COC(=O)OC(=O)[C@@H](CO)CC(=O)OC(C)(C)C.CC(C)COC(=O)OC(=O)[C@@H](CO)CC(=O)OC(C)(C)C.CN1CCOCC1.NCc1ccccc1.O.O=C=O. The van der Waals surface area contributed by atoms with Crippen LogP contribution in [0, 0.1) is 47.3 Å². The molecule has 0 bridgehead atoms. The van der Waals surface area contributed by atoms with Gasteiger partial charge < -0.3 is 99.4 Å². The van der Waals surface area contributed by atoms with Crippen molar-refractivity contribution in [2.24, 2.45) is 53.1 Å². The van der Waals surface area contributed by atoms with Crippen LogP contribution >= 0.6 is 11.6 Å². The van der Waals surface area contributed by atoms with E-state index in [1.165, 1.54) is 5.56 Å². The number of carbonyl (C=O) groups is 11. The summed E-state index contributed by atoms with van der Waals surface area (Å²) in [5.74, 6) is -9.19. The van der Waals surface area contributed by atoms with Crippen molar-refractivity contribution in [2.75, 3.05) is 86.2 Å². The quantitative estimate of drug-likeness (QED) is 0.0190. The van der Waals surface area contributed by atoms with Gasteiger partial charge in [0.05, 0.1) is 109 Å². The highest BCUT2D eigenvalue weighted by Gasteiger charge is 2.31. The zero-order valence-corrected chi connectivity index (χ0v) is 68.4. The summed E-state index contributed by atoms with van der Waals surface area (Å²) in [6.45, 7) is 39.3. The van der Waals surface area contributed by atoms with Gasteiger partial charge in [-0.25, -0.2) is 14.4 Å². The van der Waals surface area contributed by atoms with Crippen molar-refractivity contribution in [1.82, 2.24) is 10.2 Å². The number of aliphatic hydroxyl groups is 5. The first kappa shape index (κ1) is 118. The summed E-state index contributed by atoms with van der Waals surface area (Å²) in [5.41, 5.74) is 4.15. The first-order chi connectivity index (χ1) is 49.8. The average molecular weight is 1600 g/mol. The molecule has 34 heteroatoms. The Labute approximate surface area is 654 Å². The van der Waals surface area contributed by atoms with Crippen LogP contribution in [0.25, 0.3) is 0 Å². The molecule has 638 valence electrons. The third-order valence-electron chi connectivity index (χ3n) is 11.6. The van der Waals surface area contributed by atoms with Crippen LogP contribution in [0.5, 0.6) is 0 Å². The summed E-state index contributed by atoms with van der Waals surface area (Å²) in [6.07, 6.45) is -3.21. The predicted molar refractivity (Wildman–Crippen MR) is 407 cm³/mol. The fourth-order valence-corrected chi connectivity index (χ4v) is 6.60. The number of hydrogen-bond donors (Lipinski definition) is 8. The number of nitrogens with zero attached hydrogens (tertiary/aromatic N) is 1. The molecule has 1 amide bonds. The topological polar surface area (TPSA) is 508 Å². The third-order valence-corrected chi connectivity index (χ3v) is 11.7. The minimum absolute atomic E-state index is 0. The van der Waals surface area contributed by atoms with E-state index in [0.29, 0.717) is 38.1 Å². The van der Waals surface area contributed by atoms with E-state index in [-0.39, 0.29) is 82.3 Å². The van der Waals surface area contributed by atoms with Crippen LogP contribution < -0.4 is 11.1 Å². The summed E-state index contributed by atoms with van der Waals surface area (Å²) < 4.78 is 47.8. The Kier molecular flexibility index (Phi) is 72.5. The molecule has 4 atom stereocenters. The van der Waals surface area contributed by atoms with E-state index < -0.39 is 125 Å². The molecule has 3 rings (SSSR count). The molecular formula is C76H132ClN3O30. The van der Waals surface area contributed by atoms with E-state index in [1.807, 2.05) is 116 Å². The zero-order chi connectivity index (χ0) is 85.0. The Morgan fingerprint density at radius 2 is 0.773 bits per heavy atom. The van der Waals surface area contributed by atoms with Crippen molar-refractivity contribution in [3.05, 3.63) is 71.8 Å². The van der Waals surface area contributed by atoms with Gasteiger partial charge in [0.25, 0.3) is 0 Å². The number of likely N-dealkylation sites (N-methyl/N-ethyl adjacent to an activating group) is 1. The number of carboxylic acid groups (broad SMARTS) is 1. The highest BCUT2D eigenvalue weighted by molar-refractivity contribution is 6.61. The number of ether oxygens (including phenoxy) is 10. The van der Waals surface area contributed by atoms with E-state index in [4.69, 9.17) is 76.1 Å². The summed E-state index contributed by atoms with van der Waals surface area (Å²) >= 11 is 4.86. The zero-order valence-electron chi connectivity index (χ0n) is 67.6. The monoisotopic (exact) mass is 1600 g/mol. The summed E-state index contributed by atoms with van der Waals surface area (Å²) in [7, 11) is 2.11. The molecule has 1 fully saturated rings. The molecule has 0 unspecified atom stereocenters. The lowest BCUT2D eigenvalue weighted by Gasteiger charge is -2.21. The van der Waals surface area contributed by atoms with Gasteiger partial charge in [-0.1, -0.05) is 123 Å². The molecule has 0 aromatic heterocycles. The minimum Gasteiger partial charge on any atom is -0.481 e. The smallest absolute Gasteiger partial charge is 0.481 e. The summed E-state index contributed by atoms with van der Waals surface area (Å²) in [6, 6.07) is 19.4. The lowest BCUT2D eigenvalue weighted by molar-refractivity contribution is -0.192. The van der Waals surface area contributed by atoms with Crippen LogP contribution in [0.4, 0.5) is 14.4 Å². The number of aliphatic carboxylic acids is 1. The maximum absolute atomic E-state index is 12.0. The molecule has 1 aliphatic rings. The third kappa shape index (κ3) is 83.9. The number of amides is 1. The van der Waals surface area contributed by atoms with E-state index in [2.05, 4.69) is 40.9 Å². The van der Waals surface area contributed by atoms with Gasteiger partial charge in [-0.05, 0) is 125 Å². The van der Waals surface area contributed by atoms with Crippen molar-refractivity contribution in [3.8, 4) is 0 Å². The fourth-order valence-electron chi connectivity index (χ4n) is 6.54. The van der Waals surface area contributed by atoms with Gasteiger partial charge in [0.1, 0.15) is 22.4 Å². The van der Waals surface area contributed by atoms with Crippen molar-refractivity contribution in [2.45, 2.75) is 207 Å².